The summed E-state index contributed by atoms with van der Waals surface area (Å²) in [5.41, 5.74) is 1.15. The molecule has 1 N–H and O–H groups in total. The van der Waals surface area contributed by atoms with Crippen molar-refractivity contribution in [2.45, 2.75) is 32.4 Å². The first-order valence-corrected chi connectivity index (χ1v) is 7.30. The number of methoxy groups -OCH3 is 1. The normalized spacial score (nSPS) is 18.7. The van der Waals surface area contributed by atoms with E-state index in [1.54, 1.807) is 7.11 Å². The molecule has 4 heteroatoms. The van der Waals surface area contributed by atoms with Gasteiger partial charge >= 0.3 is 0 Å². The maximum atomic E-state index is 5.73. The summed E-state index contributed by atoms with van der Waals surface area (Å²) in [7, 11) is 1.68. The van der Waals surface area contributed by atoms with Gasteiger partial charge in [0.2, 0.25) is 0 Å². The summed E-state index contributed by atoms with van der Waals surface area (Å²) in [5, 5.41) is 3.63. The second-order valence-electron chi connectivity index (χ2n) is 5.43. The van der Waals surface area contributed by atoms with E-state index in [-0.39, 0.29) is 12.1 Å². The lowest BCUT2D eigenvalue weighted by Crippen LogP contribution is -2.29. The van der Waals surface area contributed by atoms with Crippen molar-refractivity contribution in [2.24, 2.45) is 0 Å². The van der Waals surface area contributed by atoms with E-state index in [4.69, 9.17) is 13.9 Å². The number of nitrogens with one attached hydrogen (secondary N) is 1. The predicted molar refractivity (Wildman–Crippen MR) is 80.8 cm³/mol. The standard InChI is InChI=1S/C17H21NO3/c1-11-4-6-16(21-11)12(2)18-15-8-9-20-17-7-5-13(19-3)10-14(15)17/h4-7,10,12,15,18H,8-9H2,1-3H3. The molecule has 2 aromatic rings. The fraction of sp³-hybridized carbons (Fsp3) is 0.412. The van der Waals surface area contributed by atoms with Crippen LogP contribution in [0.3, 0.4) is 0 Å². The number of aryl methyl sites for hydroxylation is 1. The Hall–Kier alpha value is -1.94. The smallest absolute Gasteiger partial charge is 0.124 e. The summed E-state index contributed by atoms with van der Waals surface area (Å²) < 4.78 is 16.7. The highest BCUT2D eigenvalue weighted by Gasteiger charge is 2.24. The lowest BCUT2D eigenvalue weighted by molar-refractivity contribution is 0.240. The number of hydrogen-bond donors (Lipinski definition) is 1. The first-order chi connectivity index (χ1) is 10.2. The Bertz CT molecular complexity index is 620. The van der Waals surface area contributed by atoms with Crippen LogP contribution in [-0.4, -0.2) is 13.7 Å². The maximum Gasteiger partial charge on any atom is 0.124 e. The monoisotopic (exact) mass is 287 g/mol. The maximum absolute atomic E-state index is 5.73. The highest BCUT2D eigenvalue weighted by molar-refractivity contribution is 5.43. The number of benzene rings is 1. The molecule has 21 heavy (non-hydrogen) atoms. The van der Waals surface area contributed by atoms with Gasteiger partial charge in [-0.25, -0.2) is 0 Å². The van der Waals surface area contributed by atoms with Crippen LogP contribution in [0.15, 0.2) is 34.7 Å². The van der Waals surface area contributed by atoms with Gasteiger partial charge in [0.25, 0.3) is 0 Å². The van der Waals surface area contributed by atoms with E-state index in [1.165, 1.54) is 0 Å². The molecule has 2 atom stereocenters. The molecule has 1 aliphatic heterocycles. The highest BCUT2D eigenvalue weighted by Crippen LogP contribution is 2.36. The minimum Gasteiger partial charge on any atom is -0.497 e. The fourth-order valence-corrected chi connectivity index (χ4v) is 2.74. The zero-order chi connectivity index (χ0) is 14.8. The van der Waals surface area contributed by atoms with Gasteiger partial charge in [-0.2, -0.15) is 0 Å². The summed E-state index contributed by atoms with van der Waals surface area (Å²) in [4.78, 5) is 0. The predicted octanol–water partition coefficient (Wildman–Crippen LogP) is 3.77. The molecule has 0 spiro atoms. The first kappa shape index (κ1) is 14.0. The number of fused-ring (bicyclic) bond motifs is 1. The summed E-state index contributed by atoms with van der Waals surface area (Å²) in [5.74, 6) is 3.69. The van der Waals surface area contributed by atoms with Crippen molar-refractivity contribution < 1.29 is 13.9 Å². The Kier molecular flexibility index (Phi) is 3.88. The molecule has 1 aromatic heterocycles. The second kappa shape index (κ2) is 5.82. The van der Waals surface area contributed by atoms with Gasteiger partial charge in [-0.15, -0.1) is 0 Å². The quantitative estimate of drug-likeness (QED) is 0.929. The van der Waals surface area contributed by atoms with Gasteiger partial charge in [-0.1, -0.05) is 0 Å². The van der Waals surface area contributed by atoms with Gasteiger partial charge < -0.3 is 19.2 Å². The van der Waals surface area contributed by atoms with Gasteiger partial charge in [-0.3, -0.25) is 0 Å². The largest absolute Gasteiger partial charge is 0.497 e. The van der Waals surface area contributed by atoms with Gasteiger partial charge in [0.1, 0.15) is 23.0 Å². The van der Waals surface area contributed by atoms with E-state index in [1.807, 2.05) is 37.3 Å². The Morgan fingerprint density at radius 1 is 1.29 bits per heavy atom. The third kappa shape index (κ3) is 2.90. The molecule has 0 bridgehead atoms. The molecule has 112 valence electrons. The Morgan fingerprint density at radius 3 is 2.86 bits per heavy atom. The molecule has 0 radical (unpaired) electrons. The van der Waals surface area contributed by atoms with Crippen molar-refractivity contribution >= 4 is 0 Å². The van der Waals surface area contributed by atoms with E-state index in [0.29, 0.717) is 0 Å². The molecule has 0 saturated heterocycles. The molecule has 2 unspecified atom stereocenters. The SMILES string of the molecule is COc1ccc2c(c1)C(NC(C)c1ccc(C)o1)CCO2. The lowest BCUT2D eigenvalue weighted by atomic mass is 9.99. The second-order valence-corrected chi connectivity index (χ2v) is 5.43. The molecule has 1 aliphatic rings. The lowest BCUT2D eigenvalue weighted by Gasteiger charge is -2.29. The highest BCUT2D eigenvalue weighted by atomic mass is 16.5. The molecule has 4 nitrogen and oxygen atoms in total. The molecule has 0 aliphatic carbocycles. The topological polar surface area (TPSA) is 43.6 Å². The van der Waals surface area contributed by atoms with Crippen LogP contribution in [0.2, 0.25) is 0 Å². The zero-order valence-electron chi connectivity index (χ0n) is 12.7. The summed E-state index contributed by atoms with van der Waals surface area (Å²) in [6, 6.07) is 10.4. The van der Waals surface area contributed by atoms with Crippen LogP contribution in [0.4, 0.5) is 0 Å². The van der Waals surface area contributed by atoms with E-state index in [0.717, 1.165) is 41.6 Å². The van der Waals surface area contributed by atoms with E-state index < -0.39 is 0 Å². The van der Waals surface area contributed by atoms with Gasteiger partial charge in [-0.05, 0) is 44.2 Å². The van der Waals surface area contributed by atoms with Crippen LogP contribution in [0, 0.1) is 6.92 Å². The first-order valence-electron chi connectivity index (χ1n) is 7.30. The average molecular weight is 287 g/mol. The summed E-state index contributed by atoms with van der Waals surface area (Å²) >= 11 is 0. The van der Waals surface area contributed by atoms with Crippen LogP contribution >= 0.6 is 0 Å². The third-order valence-corrected chi connectivity index (χ3v) is 3.90. The number of hydrogen-bond acceptors (Lipinski definition) is 4. The van der Waals surface area contributed by atoms with Gasteiger partial charge in [0.05, 0.1) is 19.8 Å². The zero-order valence-corrected chi connectivity index (χ0v) is 12.7. The van der Waals surface area contributed by atoms with E-state index in [2.05, 4.69) is 12.2 Å². The minimum absolute atomic E-state index is 0.154. The van der Waals surface area contributed by atoms with Crippen LogP contribution in [-0.2, 0) is 0 Å². The Labute approximate surface area is 125 Å². The molecule has 2 heterocycles. The molecular formula is C17H21NO3. The summed E-state index contributed by atoms with van der Waals surface area (Å²) in [6.45, 7) is 4.80. The fourth-order valence-electron chi connectivity index (χ4n) is 2.74. The molecule has 3 rings (SSSR count). The van der Waals surface area contributed by atoms with Crippen molar-refractivity contribution in [3.63, 3.8) is 0 Å². The Balaban J connectivity index is 1.81. The molecule has 0 fully saturated rings. The van der Waals surface area contributed by atoms with Crippen LogP contribution in [0.5, 0.6) is 11.5 Å². The molecule has 1 aromatic carbocycles. The minimum atomic E-state index is 0.154. The average Bonchev–Trinajstić information content (AvgIpc) is 2.94. The number of rotatable bonds is 4. The van der Waals surface area contributed by atoms with Crippen molar-refractivity contribution in [3.05, 3.63) is 47.4 Å². The molecule has 0 amide bonds. The van der Waals surface area contributed by atoms with E-state index in [9.17, 15) is 0 Å². The number of furan rings is 1. The molecule has 0 saturated carbocycles. The molecular weight excluding hydrogens is 266 g/mol. The third-order valence-electron chi connectivity index (χ3n) is 3.90. The number of ether oxygens (including phenoxy) is 2. The van der Waals surface area contributed by atoms with Gasteiger partial charge in [0.15, 0.2) is 0 Å². The van der Waals surface area contributed by atoms with E-state index >= 15 is 0 Å². The van der Waals surface area contributed by atoms with Crippen LogP contribution < -0.4 is 14.8 Å². The van der Waals surface area contributed by atoms with Crippen molar-refractivity contribution in [1.29, 1.82) is 0 Å². The van der Waals surface area contributed by atoms with Crippen molar-refractivity contribution in [3.8, 4) is 11.5 Å². The summed E-state index contributed by atoms with van der Waals surface area (Å²) in [6.07, 6.45) is 0.935. The van der Waals surface area contributed by atoms with Crippen LogP contribution in [0.1, 0.15) is 42.5 Å². The van der Waals surface area contributed by atoms with Crippen molar-refractivity contribution in [2.75, 3.05) is 13.7 Å². The Morgan fingerprint density at radius 2 is 2.14 bits per heavy atom. The van der Waals surface area contributed by atoms with Gasteiger partial charge in [0, 0.05) is 18.0 Å². The van der Waals surface area contributed by atoms with Crippen LogP contribution in [0.25, 0.3) is 0 Å². The van der Waals surface area contributed by atoms with Crippen molar-refractivity contribution in [1.82, 2.24) is 5.32 Å².